The third-order valence-corrected chi connectivity index (χ3v) is 12.7. The molecule has 5 heterocycles. The molecule has 3 aliphatic rings. The van der Waals surface area contributed by atoms with Gasteiger partial charge in [0.25, 0.3) is 17.4 Å². The van der Waals surface area contributed by atoms with E-state index < -0.39 is 36.3 Å². The number of piperidine rings is 2. The van der Waals surface area contributed by atoms with Gasteiger partial charge in [0.15, 0.2) is 5.69 Å². The van der Waals surface area contributed by atoms with E-state index in [0.717, 1.165) is 12.8 Å². The summed E-state index contributed by atoms with van der Waals surface area (Å²) in [5, 5.41) is 10.6. The molecule has 5 aromatic rings. The number of anilines is 1. The number of piperazine rings is 1. The van der Waals surface area contributed by atoms with E-state index in [4.69, 9.17) is 9.47 Å². The van der Waals surface area contributed by atoms with E-state index >= 15 is 4.39 Å². The second-order valence-electron chi connectivity index (χ2n) is 18.9. The summed E-state index contributed by atoms with van der Waals surface area (Å²) >= 11 is 0. The predicted octanol–water partition coefficient (Wildman–Crippen LogP) is 6.94. The highest BCUT2D eigenvalue weighted by molar-refractivity contribution is 6.02. The third kappa shape index (κ3) is 12.3. The lowest BCUT2D eigenvalue weighted by Gasteiger charge is -2.38. The van der Waals surface area contributed by atoms with Crippen molar-refractivity contribution >= 4 is 40.3 Å². The maximum atomic E-state index is 15.1. The first-order chi connectivity index (χ1) is 33.1. The number of aromatic amines is 1. The molecule has 0 radical (unpaired) electrons. The number of nitrogens with one attached hydrogen (secondary N) is 2. The number of carbonyl (C=O) groups is 4. The van der Waals surface area contributed by atoms with Crippen molar-refractivity contribution in [1.29, 1.82) is 0 Å². The standard InChI is InChI=1S/C51H57F3N8O7/c1-51(2,3)69-50(67)56-43-29-35(34-8-6-7-32(25-34)28-44(53)54)30-55-46(43)49(66)61-19-15-37(16-20-61)68-36-13-17-59(18-14-36)31-45(63)60-21-23-62(24-22-60)48(65)40-26-33(11-12-41(40)52)27-42-38-9-4-5-10-39(38)47(64)58-57-42/h4-12,25-26,29-30,36-37,44H,13-24,27-28,31H2,1-3H3,(H,56,67)(H,58,64). The van der Waals surface area contributed by atoms with Gasteiger partial charge < -0.3 is 24.2 Å². The van der Waals surface area contributed by atoms with Crippen molar-refractivity contribution in [3.8, 4) is 11.1 Å². The molecule has 0 unspecified atom stereocenters. The van der Waals surface area contributed by atoms with Crippen molar-refractivity contribution in [3.05, 3.63) is 123 Å². The van der Waals surface area contributed by atoms with Crippen LogP contribution in [0.1, 0.15) is 84.1 Å². The summed E-state index contributed by atoms with van der Waals surface area (Å²) in [5.74, 6) is -1.47. The van der Waals surface area contributed by atoms with Crippen molar-refractivity contribution in [1.82, 2.24) is 34.8 Å². The summed E-state index contributed by atoms with van der Waals surface area (Å²) in [5.41, 5.74) is 1.91. The Hall–Kier alpha value is -6.66. The van der Waals surface area contributed by atoms with E-state index in [1.165, 1.54) is 18.3 Å². The number of fused-ring (bicyclic) bond motifs is 1. The Morgan fingerprint density at radius 1 is 0.768 bits per heavy atom. The van der Waals surface area contributed by atoms with Crippen LogP contribution in [0.2, 0.25) is 0 Å². The smallest absolute Gasteiger partial charge is 0.412 e. The Morgan fingerprint density at radius 3 is 2.13 bits per heavy atom. The Bertz CT molecular complexity index is 2740. The Labute approximate surface area is 398 Å². The van der Waals surface area contributed by atoms with Crippen LogP contribution in [0.25, 0.3) is 21.9 Å². The molecule has 15 nitrogen and oxygen atoms in total. The maximum absolute atomic E-state index is 15.1. The molecule has 2 aromatic heterocycles. The number of hydrogen-bond acceptors (Lipinski definition) is 10. The topological polar surface area (TPSA) is 170 Å². The van der Waals surface area contributed by atoms with E-state index in [2.05, 4.69) is 25.4 Å². The van der Waals surface area contributed by atoms with Gasteiger partial charge in [-0.15, -0.1) is 0 Å². The summed E-state index contributed by atoms with van der Waals surface area (Å²) < 4.78 is 53.3. The number of benzene rings is 3. The van der Waals surface area contributed by atoms with Gasteiger partial charge >= 0.3 is 6.09 Å². The molecule has 8 rings (SSSR count). The van der Waals surface area contributed by atoms with Crippen LogP contribution in [0.4, 0.5) is 23.7 Å². The molecule has 18 heteroatoms. The first-order valence-electron chi connectivity index (χ1n) is 23.4. The summed E-state index contributed by atoms with van der Waals surface area (Å²) in [6.45, 7) is 8.82. The number of carbonyl (C=O) groups excluding carboxylic acids is 4. The fraction of sp³-hybridized carbons (Fsp3) is 0.431. The zero-order valence-corrected chi connectivity index (χ0v) is 39.0. The summed E-state index contributed by atoms with van der Waals surface area (Å²) in [6, 6.07) is 19.8. The zero-order chi connectivity index (χ0) is 48.8. The summed E-state index contributed by atoms with van der Waals surface area (Å²) in [7, 11) is 0. The molecule has 0 saturated carbocycles. The quantitative estimate of drug-likeness (QED) is 0.134. The highest BCUT2D eigenvalue weighted by Gasteiger charge is 2.32. The number of alkyl halides is 2. The molecule has 0 bridgehead atoms. The molecule has 0 spiro atoms. The van der Waals surface area contributed by atoms with Crippen LogP contribution < -0.4 is 10.9 Å². The molecule has 3 fully saturated rings. The number of halogens is 3. The van der Waals surface area contributed by atoms with Gasteiger partial charge in [0.1, 0.15) is 11.4 Å². The Morgan fingerprint density at radius 2 is 1.43 bits per heavy atom. The second kappa shape index (κ2) is 21.3. The molecular weight excluding hydrogens is 894 g/mol. The number of pyridine rings is 1. The van der Waals surface area contributed by atoms with Crippen molar-refractivity contribution in [2.24, 2.45) is 0 Å². The molecule has 364 valence electrons. The van der Waals surface area contributed by atoms with Crippen LogP contribution in [0.3, 0.4) is 0 Å². The average molecular weight is 951 g/mol. The lowest BCUT2D eigenvalue weighted by atomic mass is 10.0. The number of ether oxygens (including phenoxy) is 2. The van der Waals surface area contributed by atoms with E-state index in [9.17, 15) is 32.8 Å². The number of aromatic nitrogens is 3. The van der Waals surface area contributed by atoms with Gasteiger partial charge in [-0.25, -0.2) is 28.0 Å². The maximum Gasteiger partial charge on any atom is 0.412 e. The van der Waals surface area contributed by atoms with Crippen molar-refractivity contribution in [3.63, 3.8) is 0 Å². The molecular formula is C51H57F3N8O7. The average Bonchev–Trinajstić information content (AvgIpc) is 3.33. The Balaban J connectivity index is 0.786. The number of H-pyrrole nitrogens is 1. The lowest BCUT2D eigenvalue weighted by molar-refractivity contribution is -0.135. The van der Waals surface area contributed by atoms with Gasteiger partial charge in [-0.2, -0.15) is 5.10 Å². The van der Waals surface area contributed by atoms with Gasteiger partial charge in [-0.1, -0.05) is 48.5 Å². The van der Waals surface area contributed by atoms with Crippen LogP contribution in [0.5, 0.6) is 0 Å². The molecule has 2 N–H and O–H groups in total. The third-order valence-electron chi connectivity index (χ3n) is 12.7. The van der Waals surface area contributed by atoms with Gasteiger partial charge in [-0.3, -0.25) is 29.4 Å². The molecule has 4 amide bonds. The number of likely N-dealkylation sites (tertiary alicyclic amines) is 2. The minimum Gasteiger partial charge on any atom is -0.444 e. The lowest BCUT2D eigenvalue weighted by Crippen LogP contribution is -2.53. The van der Waals surface area contributed by atoms with Gasteiger partial charge in [-0.05, 0) is 87.4 Å². The van der Waals surface area contributed by atoms with Crippen LogP contribution >= 0.6 is 0 Å². The molecule has 69 heavy (non-hydrogen) atoms. The molecule has 3 aliphatic heterocycles. The number of nitrogens with zero attached hydrogens (tertiary/aromatic N) is 6. The normalized spacial score (nSPS) is 16.5. The van der Waals surface area contributed by atoms with E-state index in [1.807, 2.05) is 12.1 Å². The number of hydrogen-bond donors (Lipinski definition) is 2. The van der Waals surface area contributed by atoms with E-state index in [-0.39, 0.29) is 72.6 Å². The first-order valence-corrected chi connectivity index (χ1v) is 23.4. The monoisotopic (exact) mass is 950 g/mol. The Kier molecular flexibility index (Phi) is 15.1. The van der Waals surface area contributed by atoms with Crippen LogP contribution in [0, 0.1) is 5.82 Å². The summed E-state index contributed by atoms with van der Waals surface area (Å²) in [4.78, 5) is 77.7. The van der Waals surface area contributed by atoms with Crippen LogP contribution in [-0.2, 0) is 27.1 Å². The number of rotatable bonds is 12. The second-order valence-corrected chi connectivity index (χ2v) is 18.9. The van der Waals surface area contributed by atoms with Crippen molar-refractivity contribution in [2.75, 3.05) is 64.2 Å². The van der Waals surface area contributed by atoms with Crippen LogP contribution in [0.15, 0.2) is 83.8 Å². The van der Waals surface area contributed by atoms with Crippen molar-refractivity contribution in [2.45, 2.75) is 83.5 Å². The van der Waals surface area contributed by atoms with Gasteiger partial charge in [0.05, 0.1) is 41.1 Å². The predicted molar refractivity (Wildman–Crippen MR) is 253 cm³/mol. The largest absolute Gasteiger partial charge is 0.444 e. The highest BCUT2D eigenvalue weighted by Crippen LogP contribution is 2.29. The fourth-order valence-electron chi connectivity index (χ4n) is 9.14. The summed E-state index contributed by atoms with van der Waals surface area (Å²) in [6.07, 6.45) is 0.748. The number of amides is 4. The molecule has 3 aromatic carbocycles. The van der Waals surface area contributed by atoms with E-state index in [0.29, 0.717) is 90.8 Å². The minimum atomic E-state index is -2.51. The van der Waals surface area contributed by atoms with Crippen LogP contribution in [-0.4, -0.2) is 142 Å². The fourth-order valence-corrected chi connectivity index (χ4v) is 9.14. The van der Waals surface area contributed by atoms with Crippen molar-refractivity contribution < 1.29 is 41.8 Å². The van der Waals surface area contributed by atoms with Gasteiger partial charge in [0, 0.05) is 82.3 Å². The highest BCUT2D eigenvalue weighted by atomic mass is 19.3. The molecule has 3 saturated heterocycles. The molecule has 0 atom stereocenters. The molecule has 0 aliphatic carbocycles. The minimum absolute atomic E-state index is 0.00225. The SMILES string of the molecule is CC(C)(C)OC(=O)Nc1cc(-c2cccc(CC(F)F)c2)cnc1C(=O)N1CCC(OC2CCN(CC(=O)N3CCN(C(=O)c4cc(Cc5n[nH]c(=O)c6ccccc56)ccc4F)CC3)CC2)CC1. The van der Waals surface area contributed by atoms with Gasteiger partial charge in [0.2, 0.25) is 12.3 Å². The zero-order valence-electron chi connectivity index (χ0n) is 39.0. The van der Waals surface area contributed by atoms with E-state index in [1.54, 1.807) is 84.0 Å². The first kappa shape index (κ1) is 48.8.